The second kappa shape index (κ2) is 6.26. The van der Waals surface area contributed by atoms with E-state index in [0.717, 1.165) is 24.4 Å². The second-order valence-corrected chi connectivity index (χ2v) is 5.35. The lowest BCUT2D eigenvalue weighted by Gasteiger charge is -2.39. The Kier molecular flexibility index (Phi) is 4.65. The topological polar surface area (TPSA) is 69.6 Å². The Morgan fingerprint density at radius 2 is 2.25 bits per heavy atom. The number of hydrogen-bond acceptors (Lipinski definition) is 4. The van der Waals surface area contributed by atoms with Gasteiger partial charge in [-0.05, 0) is 24.9 Å². The molecule has 1 N–H and O–H groups in total. The van der Waals surface area contributed by atoms with Crippen molar-refractivity contribution in [2.45, 2.75) is 32.7 Å². The summed E-state index contributed by atoms with van der Waals surface area (Å²) >= 11 is 5.98. The lowest BCUT2D eigenvalue weighted by Crippen LogP contribution is -2.53. The van der Waals surface area contributed by atoms with Gasteiger partial charge in [-0.1, -0.05) is 13.3 Å². The molecule has 0 bridgehead atoms. The van der Waals surface area contributed by atoms with Crippen LogP contribution in [0.2, 0.25) is 5.28 Å². The second-order valence-electron chi connectivity index (χ2n) is 5.01. The number of amides is 1. The number of rotatable bonds is 3. The van der Waals surface area contributed by atoms with E-state index in [1.165, 1.54) is 4.90 Å². The lowest BCUT2D eigenvalue weighted by molar-refractivity contribution is 0.136. The molecule has 1 fully saturated rings. The van der Waals surface area contributed by atoms with Crippen LogP contribution < -0.4 is 4.90 Å². The third-order valence-corrected chi connectivity index (χ3v) is 3.61. The SMILES string of the molecule is CCCc1cc(N2CCN(C(=O)O)C[C@H]2C)nc(Cl)n1. The first kappa shape index (κ1) is 14.8. The summed E-state index contributed by atoms with van der Waals surface area (Å²) in [6.07, 6.45) is 0.984. The van der Waals surface area contributed by atoms with E-state index >= 15 is 0 Å². The van der Waals surface area contributed by atoms with Crippen LogP contribution in [0.1, 0.15) is 26.0 Å². The van der Waals surface area contributed by atoms with Crippen molar-refractivity contribution in [3.8, 4) is 0 Å². The lowest BCUT2D eigenvalue weighted by atomic mass is 10.2. The summed E-state index contributed by atoms with van der Waals surface area (Å²) in [6, 6.07) is 2.02. The smallest absolute Gasteiger partial charge is 0.407 e. The van der Waals surface area contributed by atoms with E-state index < -0.39 is 6.09 Å². The Hall–Kier alpha value is -1.56. The summed E-state index contributed by atoms with van der Waals surface area (Å²) in [5.41, 5.74) is 0.926. The first-order chi connectivity index (χ1) is 9.51. The van der Waals surface area contributed by atoms with Gasteiger partial charge in [0.15, 0.2) is 0 Å². The van der Waals surface area contributed by atoms with Gasteiger partial charge in [0, 0.05) is 37.4 Å². The Morgan fingerprint density at radius 3 is 2.85 bits per heavy atom. The standard InChI is InChI=1S/C13H19ClN4O2/c1-3-4-10-7-11(16-12(14)15-10)18-6-5-17(13(19)20)8-9(18)2/h7,9H,3-6,8H2,1-2H3,(H,19,20)/t9-/m1/s1. The number of piperazine rings is 1. The molecule has 2 heterocycles. The van der Waals surface area contributed by atoms with Crippen molar-refractivity contribution < 1.29 is 9.90 Å². The molecule has 1 atom stereocenters. The maximum Gasteiger partial charge on any atom is 0.407 e. The molecule has 0 unspecified atom stereocenters. The summed E-state index contributed by atoms with van der Waals surface area (Å²) in [4.78, 5) is 23.0. The molecule has 20 heavy (non-hydrogen) atoms. The highest BCUT2D eigenvalue weighted by Crippen LogP contribution is 2.21. The molecule has 0 saturated carbocycles. The summed E-state index contributed by atoms with van der Waals surface area (Å²) < 4.78 is 0. The van der Waals surface area contributed by atoms with E-state index in [9.17, 15) is 4.79 Å². The number of halogens is 1. The van der Waals surface area contributed by atoms with Gasteiger partial charge >= 0.3 is 6.09 Å². The molecule has 0 radical (unpaired) electrons. The van der Waals surface area contributed by atoms with Gasteiger partial charge in [-0.3, -0.25) is 0 Å². The molecule has 0 spiro atoms. The maximum absolute atomic E-state index is 11.0. The minimum atomic E-state index is -0.871. The Bertz CT molecular complexity index is 497. The minimum absolute atomic E-state index is 0.0697. The Balaban J connectivity index is 2.17. The van der Waals surface area contributed by atoms with Gasteiger partial charge in [-0.15, -0.1) is 0 Å². The van der Waals surface area contributed by atoms with E-state index in [1.807, 2.05) is 13.0 Å². The van der Waals surface area contributed by atoms with Crippen molar-refractivity contribution in [2.24, 2.45) is 0 Å². The molecule has 1 aliphatic rings. The van der Waals surface area contributed by atoms with Crippen molar-refractivity contribution in [3.05, 3.63) is 17.0 Å². The highest BCUT2D eigenvalue weighted by atomic mass is 35.5. The van der Waals surface area contributed by atoms with E-state index in [1.54, 1.807) is 0 Å². The van der Waals surface area contributed by atoms with Crippen LogP contribution in [0.3, 0.4) is 0 Å². The fourth-order valence-corrected chi connectivity index (χ4v) is 2.65. The van der Waals surface area contributed by atoms with Gasteiger partial charge in [0.1, 0.15) is 5.82 Å². The number of carbonyl (C=O) groups is 1. The molecule has 1 aliphatic heterocycles. The third kappa shape index (κ3) is 3.30. The average molecular weight is 299 g/mol. The minimum Gasteiger partial charge on any atom is -0.465 e. The molecule has 1 saturated heterocycles. The molecule has 7 heteroatoms. The van der Waals surface area contributed by atoms with Gasteiger partial charge in [-0.2, -0.15) is 0 Å². The van der Waals surface area contributed by atoms with E-state index in [4.69, 9.17) is 16.7 Å². The zero-order valence-corrected chi connectivity index (χ0v) is 12.5. The summed E-state index contributed by atoms with van der Waals surface area (Å²) in [5, 5.41) is 9.28. The number of aryl methyl sites for hydroxylation is 1. The molecule has 1 amide bonds. The number of hydrogen-bond donors (Lipinski definition) is 1. The maximum atomic E-state index is 11.0. The largest absolute Gasteiger partial charge is 0.465 e. The first-order valence-electron chi connectivity index (χ1n) is 6.79. The Morgan fingerprint density at radius 1 is 1.50 bits per heavy atom. The fourth-order valence-electron chi connectivity index (χ4n) is 2.45. The highest BCUT2D eigenvalue weighted by molar-refractivity contribution is 6.28. The normalized spacial score (nSPS) is 19.2. The van der Waals surface area contributed by atoms with Crippen LogP contribution >= 0.6 is 11.6 Å². The van der Waals surface area contributed by atoms with Crippen LogP contribution in [0.25, 0.3) is 0 Å². The summed E-state index contributed by atoms with van der Waals surface area (Å²) in [5.74, 6) is 0.783. The van der Waals surface area contributed by atoms with Crippen LogP contribution in [0.15, 0.2) is 6.07 Å². The van der Waals surface area contributed by atoms with Gasteiger partial charge in [0.05, 0.1) is 0 Å². The molecule has 110 valence electrons. The molecular weight excluding hydrogens is 280 g/mol. The Labute approximate surface area is 123 Å². The highest BCUT2D eigenvalue weighted by Gasteiger charge is 2.27. The number of aromatic nitrogens is 2. The molecule has 2 rings (SSSR count). The number of anilines is 1. The summed E-state index contributed by atoms with van der Waals surface area (Å²) in [7, 11) is 0. The van der Waals surface area contributed by atoms with Gasteiger partial charge < -0.3 is 14.9 Å². The summed E-state index contributed by atoms with van der Waals surface area (Å²) in [6.45, 7) is 5.64. The van der Waals surface area contributed by atoms with Crippen LogP contribution in [0.4, 0.5) is 10.6 Å². The van der Waals surface area contributed by atoms with Crippen molar-refractivity contribution in [1.82, 2.24) is 14.9 Å². The van der Waals surface area contributed by atoms with E-state index in [2.05, 4.69) is 21.8 Å². The van der Waals surface area contributed by atoms with Crippen LogP contribution in [0, 0.1) is 0 Å². The number of carboxylic acid groups (broad SMARTS) is 1. The average Bonchev–Trinajstić information content (AvgIpc) is 2.38. The van der Waals surface area contributed by atoms with Gasteiger partial charge in [-0.25, -0.2) is 14.8 Å². The molecule has 1 aromatic rings. The van der Waals surface area contributed by atoms with Crippen molar-refractivity contribution in [1.29, 1.82) is 0 Å². The van der Waals surface area contributed by atoms with Crippen molar-refractivity contribution in [3.63, 3.8) is 0 Å². The third-order valence-electron chi connectivity index (χ3n) is 3.44. The number of nitrogens with zero attached hydrogens (tertiary/aromatic N) is 4. The zero-order valence-electron chi connectivity index (χ0n) is 11.7. The first-order valence-corrected chi connectivity index (χ1v) is 7.17. The predicted octanol–water partition coefficient (Wildman–Crippen LogP) is 2.27. The zero-order chi connectivity index (χ0) is 14.7. The molecule has 0 aliphatic carbocycles. The predicted molar refractivity (Wildman–Crippen MR) is 77.4 cm³/mol. The van der Waals surface area contributed by atoms with Crippen LogP contribution in [0.5, 0.6) is 0 Å². The monoisotopic (exact) mass is 298 g/mol. The quantitative estimate of drug-likeness (QED) is 0.867. The van der Waals surface area contributed by atoms with Crippen molar-refractivity contribution in [2.75, 3.05) is 24.5 Å². The molecule has 0 aromatic carbocycles. The van der Waals surface area contributed by atoms with Gasteiger partial charge in [0.25, 0.3) is 0 Å². The van der Waals surface area contributed by atoms with E-state index in [0.29, 0.717) is 19.6 Å². The van der Waals surface area contributed by atoms with Crippen LogP contribution in [-0.2, 0) is 6.42 Å². The van der Waals surface area contributed by atoms with E-state index in [-0.39, 0.29) is 11.3 Å². The molecule has 6 nitrogen and oxygen atoms in total. The van der Waals surface area contributed by atoms with Crippen LogP contribution in [-0.4, -0.2) is 51.7 Å². The fraction of sp³-hybridized carbons (Fsp3) is 0.615. The molecular formula is C13H19ClN4O2. The molecule has 1 aromatic heterocycles. The van der Waals surface area contributed by atoms with Gasteiger partial charge in [0.2, 0.25) is 5.28 Å². The van der Waals surface area contributed by atoms with Crippen molar-refractivity contribution >= 4 is 23.5 Å².